The normalized spacial score (nSPS) is 15.3. The van der Waals surface area contributed by atoms with Crippen LogP contribution in [0.5, 0.6) is 0 Å². The van der Waals surface area contributed by atoms with Crippen molar-refractivity contribution < 1.29 is 18.0 Å². The number of hydrogen-bond acceptors (Lipinski definition) is 5. The number of carbonyl (C=O) groups is 1. The van der Waals surface area contributed by atoms with Crippen LogP contribution in [0.4, 0.5) is 8.78 Å². The summed E-state index contributed by atoms with van der Waals surface area (Å²) in [5.41, 5.74) is 2.08. The van der Waals surface area contributed by atoms with Crippen LogP contribution in [-0.4, -0.2) is 45.3 Å². The highest BCUT2D eigenvalue weighted by atomic mass is 19.3. The molecule has 0 radical (unpaired) electrons. The first-order valence-electron chi connectivity index (χ1n) is 10.2. The summed E-state index contributed by atoms with van der Waals surface area (Å²) >= 11 is 0. The summed E-state index contributed by atoms with van der Waals surface area (Å²) in [6.07, 6.45) is 3.36. The molecule has 0 N–H and O–H groups in total. The zero-order chi connectivity index (χ0) is 21.1. The summed E-state index contributed by atoms with van der Waals surface area (Å²) in [4.78, 5) is 27.6. The van der Waals surface area contributed by atoms with Crippen molar-refractivity contribution in [1.29, 1.82) is 0 Å². The van der Waals surface area contributed by atoms with E-state index in [0.717, 1.165) is 23.7 Å². The average Bonchev–Trinajstić information content (AvgIpc) is 3.18. The number of aryl methyl sites for hydroxylation is 1. The van der Waals surface area contributed by atoms with Crippen molar-refractivity contribution in [1.82, 2.24) is 19.9 Å². The summed E-state index contributed by atoms with van der Waals surface area (Å²) in [6, 6.07) is 5.60. The first-order valence-corrected chi connectivity index (χ1v) is 10.2. The van der Waals surface area contributed by atoms with Gasteiger partial charge in [-0.2, -0.15) is 0 Å². The third kappa shape index (κ3) is 4.80. The van der Waals surface area contributed by atoms with Gasteiger partial charge in [0.1, 0.15) is 5.69 Å². The van der Waals surface area contributed by atoms with Gasteiger partial charge in [0.15, 0.2) is 11.7 Å². The zero-order valence-electron chi connectivity index (χ0n) is 16.9. The Morgan fingerprint density at radius 2 is 2.03 bits per heavy atom. The maximum atomic E-state index is 12.7. The summed E-state index contributed by atoms with van der Waals surface area (Å²) < 4.78 is 30.3. The topological polar surface area (TPSA) is 72.1 Å². The molecule has 4 rings (SSSR count). The lowest BCUT2D eigenvalue weighted by Crippen LogP contribution is -2.39. The van der Waals surface area contributed by atoms with Crippen LogP contribution in [0, 0.1) is 12.8 Å². The Morgan fingerprint density at radius 1 is 1.23 bits per heavy atom. The highest BCUT2D eigenvalue weighted by Gasteiger charge is 2.23. The summed E-state index contributed by atoms with van der Waals surface area (Å²) in [7, 11) is 0. The predicted octanol–water partition coefficient (Wildman–Crippen LogP) is 4.42. The molecule has 3 aromatic rings. The molecule has 0 saturated carbocycles. The lowest BCUT2D eigenvalue weighted by atomic mass is 9.92. The second-order valence-corrected chi connectivity index (χ2v) is 7.78. The van der Waals surface area contributed by atoms with E-state index in [1.807, 2.05) is 23.1 Å². The van der Waals surface area contributed by atoms with Crippen molar-refractivity contribution in [3.63, 3.8) is 0 Å². The Labute approximate surface area is 173 Å². The first kappa shape index (κ1) is 20.4. The van der Waals surface area contributed by atoms with E-state index in [-0.39, 0.29) is 24.7 Å². The molecule has 4 heterocycles. The molecule has 30 heavy (non-hydrogen) atoms. The molecule has 1 fully saturated rings. The number of piperidine rings is 1. The van der Waals surface area contributed by atoms with Crippen molar-refractivity contribution in [2.45, 2.75) is 45.5 Å². The average molecular weight is 414 g/mol. The van der Waals surface area contributed by atoms with E-state index >= 15 is 0 Å². The zero-order valence-corrected chi connectivity index (χ0v) is 16.9. The molecule has 0 bridgehead atoms. The first-order chi connectivity index (χ1) is 14.5. The number of amides is 1. The molecule has 0 unspecified atom stereocenters. The second-order valence-electron chi connectivity index (χ2n) is 7.78. The number of fused-ring (bicyclic) bond motifs is 1. The third-order valence-electron chi connectivity index (χ3n) is 5.60. The molecule has 3 aromatic heterocycles. The van der Waals surface area contributed by atoms with Crippen molar-refractivity contribution >= 4 is 16.8 Å². The van der Waals surface area contributed by atoms with Crippen molar-refractivity contribution in [2.75, 3.05) is 13.1 Å². The van der Waals surface area contributed by atoms with E-state index < -0.39 is 6.43 Å². The minimum absolute atomic E-state index is 0.0103. The van der Waals surface area contributed by atoms with E-state index in [1.165, 1.54) is 0 Å². The fourth-order valence-electron chi connectivity index (χ4n) is 3.87. The number of alkyl halides is 2. The Kier molecular flexibility index (Phi) is 6.01. The number of likely N-dealkylation sites (tertiary alicyclic amines) is 1. The van der Waals surface area contributed by atoms with Gasteiger partial charge in [0.25, 0.3) is 0 Å². The number of oxazole rings is 1. The molecule has 1 saturated heterocycles. The number of nitrogens with zero attached hydrogens (tertiary/aromatic N) is 4. The van der Waals surface area contributed by atoms with Crippen LogP contribution < -0.4 is 0 Å². The largest absolute Gasteiger partial charge is 0.439 e. The number of pyridine rings is 2. The Hall–Kier alpha value is -2.90. The van der Waals surface area contributed by atoms with Gasteiger partial charge in [0.2, 0.25) is 12.3 Å². The third-order valence-corrected chi connectivity index (χ3v) is 5.60. The maximum absolute atomic E-state index is 12.7. The summed E-state index contributed by atoms with van der Waals surface area (Å²) in [5.74, 6) is 1.46. The van der Waals surface area contributed by atoms with Gasteiger partial charge in [0, 0.05) is 38.0 Å². The predicted molar refractivity (Wildman–Crippen MR) is 108 cm³/mol. The Bertz CT molecular complexity index is 1030. The SMILES string of the molecule is Cc1ncc(-c2ccc3cnc(CC(=O)N4CCC(CCC(F)F)CC4)cc3n2)o1. The van der Waals surface area contributed by atoms with Crippen LogP contribution >= 0.6 is 0 Å². The van der Waals surface area contributed by atoms with Gasteiger partial charge in [-0.15, -0.1) is 0 Å². The van der Waals surface area contributed by atoms with Crippen LogP contribution in [0.25, 0.3) is 22.4 Å². The highest BCUT2D eigenvalue weighted by Crippen LogP contribution is 2.25. The Balaban J connectivity index is 1.40. The van der Waals surface area contributed by atoms with Crippen LogP contribution in [0.2, 0.25) is 0 Å². The molecule has 1 aliphatic heterocycles. The van der Waals surface area contributed by atoms with E-state index in [4.69, 9.17) is 4.42 Å². The molecule has 1 aliphatic rings. The molecule has 0 aromatic carbocycles. The lowest BCUT2D eigenvalue weighted by molar-refractivity contribution is -0.132. The molecular weight excluding hydrogens is 390 g/mol. The highest BCUT2D eigenvalue weighted by molar-refractivity contribution is 5.83. The van der Waals surface area contributed by atoms with Gasteiger partial charge < -0.3 is 9.32 Å². The number of hydrogen-bond donors (Lipinski definition) is 0. The van der Waals surface area contributed by atoms with Crippen LogP contribution in [0.3, 0.4) is 0 Å². The summed E-state index contributed by atoms with van der Waals surface area (Å²) in [6.45, 7) is 3.01. The van der Waals surface area contributed by atoms with E-state index in [2.05, 4.69) is 15.0 Å². The second kappa shape index (κ2) is 8.85. The standard InChI is InChI=1S/C22H24F2N4O2/c1-14-25-13-20(30-14)18-4-3-16-12-26-17(10-19(16)27-18)11-22(29)28-8-6-15(7-9-28)2-5-21(23)24/h3-4,10,12-13,15,21H,2,5-9,11H2,1H3. The molecule has 0 aliphatic carbocycles. The van der Waals surface area contributed by atoms with Crippen molar-refractivity contribution in [3.8, 4) is 11.5 Å². The van der Waals surface area contributed by atoms with Crippen molar-refractivity contribution in [3.05, 3.63) is 42.2 Å². The van der Waals surface area contributed by atoms with Gasteiger partial charge >= 0.3 is 0 Å². The molecule has 1 amide bonds. The molecule has 8 heteroatoms. The number of rotatable bonds is 6. The van der Waals surface area contributed by atoms with Gasteiger partial charge in [-0.05, 0) is 43.4 Å². The van der Waals surface area contributed by atoms with Gasteiger partial charge in [-0.3, -0.25) is 9.78 Å². The maximum Gasteiger partial charge on any atom is 0.238 e. The monoisotopic (exact) mass is 414 g/mol. The van der Waals surface area contributed by atoms with E-state index in [0.29, 0.717) is 42.5 Å². The molecule has 158 valence electrons. The van der Waals surface area contributed by atoms with Gasteiger partial charge in [-0.25, -0.2) is 18.7 Å². The quantitative estimate of drug-likeness (QED) is 0.597. The van der Waals surface area contributed by atoms with Gasteiger partial charge in [-0.1, -0.05) is 0 Å². The lowest BCUT2D eigenvalue weighted by Gasteiger charge is -2.32. The van der Waals surface area contributed by atoms with E-state index in [1.54, 1.807) is 19.3 Å². The molecular formula is C22H24F2N4O2. The van der Waals surface area contributed by atoms with Gasteiger partial charge in [0.05, 0.1) is 23.8 Å². The van der Waals surface area contributed by atoms with Crippen LogP contribution in [0.15, 0.2) is 35.0 Å². The fourth-order valence-corrected chi connectivity index (χ4v) is 3.87. The number of carbonyl (C=O) groups excluding carboxylic acids is 1. The minimum atomic E-state index is -2.24. The Morgan fingerprint density at radius 3 is 2.73 bits per heavy atom. The molecule has 6 nitrogen and oxygen atoms in total. The molecule has 0 atom stereocenters. The van der Waals surface area contributed by atoms with Crippen LogP contribution in [0.1, 0.15) is 37.3 Å². The number of aromatic nitrogens is 3. The van der Waals surface area contributed by atoms with E-state index in [9.17, 15) is 13.6 Å². The smallest absolute Gasteiger partial charge is 0.238 e. The van der Waals surface area contributed by atoms with Crippen LogP contribution in [-0.2, 0) is 11.2 Å². The summed E-state index contributed by atoms with van der Waals surface area (Å²) in [5, 5.41) is 0.881. The minimum Gasteiger partial charge on any atom is -0.439 e. The van der Waals surface area contributed by atoms with Crippen molar-refractivity contribution in [2.24, 2.45) is 5.92 Å². The fraction of sp³-hybridized carbons (Fsp3) is 0.455. The number of halogens is 2. The molecule has 0 spiro atoms.